The molecule has 2 heterocycles. The fourth-order valence-electron chi connectivity index (χ4n) is 3.94. The van der Waals surface area contributed by atoms with Gasteiger partial charge in [0.15, 0.2) is 5.78 Å². The Labute approximate surface area is 231 Å². The second kappa shape index (κ2) is 14.8. The van der Waals surface area contributed by atoms with Gasteiger partial charge in [-0.25, -0.2) is 9.59 Å². The summed E-state index contributed by atoms with van der Waals surface area (Å²) >= 11 is 0. The molecule has 13 heteroatoms. The van der Waals surface area contributed by atoms with E-state index < -0.39 is 48.2 Å². The summed E-state index contributed by atoms with van der Waals surface area (Å²) in [4.78, 5) is 57.8. The summed E-state index contributed by atoms with van der Waals surface area (Å²) in [5.41, 5.74) is 6.42. The van der Waals surface area contributed by atoms with Gasteiger partial charge >= 0.3 is 12.1 Å². The van der Waals surface area contributed by atoms with Gasteiger partial charge < -0.3 is 30.0 Å². The number of nitrogens with two attached hydrogens (primary N) is 1. The third-order valence-electron chi connectivity index (χ3n) is 5.97. The maximum absolute atomic E-state index is 13.5. The minimum Gasteiger partial charge on any atom is -0.497 e. The number of aliphatic carboxylic acids is 1. The van der Waals surface area contributed by atoms with Gasteiger partial charge in [-0.1, -0.05) is 12.1 Å². The van der Waals surface area contributed by atoms with E-state index in [-0.39, 0.29) is 12.1 Å². The van der Waals surface area contributed by atoms with Crippen LogP contribution in [0.2, 0.25) is 0 Å². The molecule has 1 aliphatic heterocycles. The van der Waals surface area contributed by atoms with Gasteiger partial charge in [-0.15, -0.1) is 0 Å². The van der Waals surface area contributed by atoms with E-state index in [0.717, 1.165) is 0 Å². The van der Waals surface area contributed by atoms with Crippen molar-refractivity contribution in [1.29, 1.82) is 0 Å². The predicted octanol–water partition coefficient (Wildman–Crippen LogP) is 1.08. The fraction of sp³-hybridized carbons (Fsp3) is 0.407. The fourth-order valence-corrected chi connectivity index (χ4v) is 3.94. The van der Waals surface area contributed by atoms with Gasteiger partial charge in [0.1, 0.15) is 17.7 Å². The zero-order chi connectivity index (χ0) is 29.1. The van der Waals surface area contributed by atoms with Gasteiger partial charge in [-0.2, -0.15) is 4.99 Å². The van der Waals surface area contributed by atoms with Crippen LogP contribution in [0.3, 0.4) is 0 Å². The largest absolute Gasteiger partial charge is 0.497 e. The number of methoxy groups -OCH3 is 1. The zero-order valence-electron chi connectivity index (χ0n) is 22.2. The number of hydrogen-bond donors (Lipinski definition) is 4. The number of piperidine rings is 1. The molecule has 1 aromatic heterocycles. The number of Topliss-reactive ketones (excluding diaryl/α,β-unsaturated/α-hetero) is 1. The number of pyridine rings is 1. The highest BCUT2D eigenvalue weighted by Gasteiger charge is 2.36. The van der Waals surface area contributed by atoms with Crippen molar-refractivity contribution >= 4 is 30.0 Å². The molecule has 214 valence electrons. The number of nitrogens with one attached hydrogen (secondary N) is 2. The minimum atomic E-state index is -1.76. The Morgan fingerprint density at radius 1 is 1.18 bits per heavy atom. The maximum atomic E-state index is 13.5. The number of amides is 2. The molecule has 1 aromatic carbocycles. The summed E-state index contributed by atoms with van der Waals surface area (Å²) in [6, 6.07) is 8.48. The molecule has 0 saturated carbocycles. The molecule has 5 N–H and O–H groups in total. The molecule has 0 spiro atoms. The average molecular weight is 556 g/mol. The van der Waals surface area contributed by atoms with E-state index in [4.69, 9.17) is 19.9 Å². The topological polar surface area (TPSA) is 192 Å². The van der Waals surface area contributed by atoms with E-state index >= 15 is 0 Å². The number of hydrogen-bond acceptors (Lipinski definition) is 10. The minimum absolute atomic E-state index is 0.0142. The van der Waals surface area contributed by atoms with Crippen LogP contribution < -0.4 is 21.1 Å². The van der Waals surface area contributed by atoms with Crippen LogP contribution in [-0.4, -0.2) is 84.7 Å². The Bertz CT molecular complexity index is 1190. The molecule has 13 nitrogen and oxygen atoms in total. The maximum Gasteiger partial charge on any atom is 0.435 e. The van der Waals surface area contributed by atoms with Crippen LogP contribution in [0.15, 0.2) is 47.6 Å². The number of ketones is 1. The highest BCUT2D eigenvalue weighted by Crippen LogP contribution is 2.17. The molecule has 1 fully saturated rings. The SMILES string of the molecule is COc1ccc(CC(NC(=O)c2ccc(/C=N/C(=O)OC(C)N)cn2)C(=O)C(OC2CCNCC2)C(=O)O)cc1. The monoisotopic (exact) mass is 555 g/mol. The number of ether oxygens (including phenoxy) is 3. The molecule has 0 aliphatic carbocycles. The van der Waals surface area contributed by atoms with Crippen LogP contribution in [-0.2, 0) is 25.5 Å². The first-order valence-corrected chi connectivity index (χ1v) is 12.7. The number of aromatic nitrogens is 1. The van der Waals surface area contributed by atoms with Crippen LogP contribution in [0.4, 0.5) is 4.79 Å². The van der Waals surface area contributed by atoms with Gasteiger partial charge in [-0.05, 0) is 69.1 Å². The average Bonchev–Trinajstić information content (AvgIpc) is 2.94. The van der Waals surface area contributed by atoms with E-state index in [9.17, 15) is 24.3 Å². The standard InChI is InChI=1S/C27H33N5O8/c1-16(28)39-27(37)31-15-18-5-8-21(30-14-18)25(34)32-22(13-17-3-6-19(38-2)7-4-17)23(33)24(26(35)36)40-20-9-11-29-12-10-20/h3-8,14-16,20,22,24,29H,9-13,28H2,1-2H3,(H,32,34)(H,35,36)/b31-15+. The zero-order valence-corrected chi connectivity index (χ0v) is 22.2. The number of carboxylic acids is 1. The summed E-state index contributed by atoms with van der Waals surface area (Å²) in [6.07, 6.45) is -0.197. The molecule has 1 aliphatic rings. The molecule has 3 rings (SSSR count). The van der Waals surface area contributed by atoms with Crippen molar-refractivity contribution < 1.29 is 38.5 Å². The lowest BCUT2D eigenvalue weighted by Gasteiger charge is -2.28. The van der Waals surface area contributed by atoms with Crippen molar-refractivity contribution in [1.82, 2.24) is 15.6 Å². The number of carbonyl (C=O) groups excluding carboxylic acids is 3. The molecule has 40 heavy (non-hydrogen) atoms. The first-order valence-electron chi connectivity index (χ1n) is 12.7. The van der Waals surface area contributed by atoms with Crippen molar-refractivity contribution in [2.45, 2.75) is 50.7 Å². The third kappa shape index (κ3) is 9.22. The number of rotatable bonds is 12. The lowest BCUT2D eigenvalue weighted by atomic mass is 9.98. The lowest BCUT2D eigenvalue weighted by molar-refractivity contribution is -0.162. The van der Waals surface area contributed by atoms with Gasteiger partial charge in [0.2, 0.25) is 6.10 Å². The molecule has 1 saturated heterocycles. The molecule has 0 bridgehead atoms. The van der Waals surface area contributed by atoms with Crippen molar-refractivity contribution in [2.24, 2.45) is 10.7 Å². The van der Waals surface area contributed by atoms with Gasteiger partial charge in [0, 0.05) is 18.0 Å². The third-order valence-corrected chi connectivity index (χ3v) is 5.97. The van der Waals surface area contributed by atoms with Gasteiger partial charge in [0.05, 0.1) is 19.3 Å². The number of carboxylic acid groups (broad SMARTS) is 1. The molecule has 2 amide bonds. The highest BCUT2D eigenvalue weighted by molar-refractivity contribution is 6.06. The number of aliphatic imine (C=N–C) groups is 1. The Kier molecular flexibility index (Phi) is 11.2. The Morgan fingerprint density at radius 2 is 1.88 bits per heavy atom. The van der Waals surface area contributed by atoms with Crippen molar-refractivity contribution in [3.05, 3.63) is 59.4 Å². The van der Waals surface area contributed by atoms with E-state index in [2.05, 4.69) is 20.6 Å². The molecular formula is C27H33N5O8. The summed E-state index contributed by atoms with van der Waals surface area (Å²) < 4.78 is 15.6. The van der Waals surface area contributed by atoms with E-state index in [1.807, 2.05) is 0 Å². The Morgan fingerprint density at radius 3 is 2.45 bits per heavy atom. The van der Waals surface area contributed by atoms with Crippen molar-refractivity contribution in [3.63, 3.8) is 0 Å². The van der Waals surface area contributed by atoms with Crippen LogP contribution in [0.1, 0.15) is 41.4 Å². The van der Waals surface area contributed by atoms with Gasteiger partial charge in [0.25, 0.3) is 5.91 Å². The molecular weight excluding hydrogens is 522 g/mol. The molecule has 3 atom stereocenters. The van der Waals surface area contributed by atoms with Crippen LogP contribution >= 0.6 is 0 Å². The van der Waals surface area contributed by atoms with Gasteiger partial charge in [-0.3, -0.25) is 20.3 Å². The predicted molar refractivity (Wildman–Crippen MR) is 143 cm³/mol. The molecule has 0 radical (unpaired) electrons. The highest BCUT2D eigenvalue weighted by atomic mass is 16.6. The molecule has 3 unspecified atom stereocenters. The lowest BCUT2D eigenvalue weighted by Crippen LogP contribution is -2.51. The number of nitrogens with zero attached hydrogens (tertiary/aromatic N) is 2. The van der Waals surface area contributed by atoms with E-state index in [1.54, 1.807) is 24.3 Å². The summed E-state index contributed by atoms with van der Waals surface area (Å²) in [6.45, 7) is 2.78. The smallest absolute Gasteiger partial charge is 0.435 e. The number of benzene rings is 1. The Hall–Kier alpha value is -4.20. The van der Waals surface area contributed by atoms with Crippen LogP contribution in [0.5, 0.6) is 5.75 Å². The second-order valence-corrected chi connectivity index (χ2v) is 9.11. The van der Waals surface area contributed by atoms with E-state index in [0.29, 0.717) is 42.8 Å². The first kappa shape index (κ1) is 30.3. The van der Waals surface area contributed by atoms with E-state index in [1.165, 1.54) is 38.6 Å². The summed E-state index contributed by atoms with van der Waals surface area (Å²) in [5, 5.41) is 15.6. The summed E-state index contributed by atoms with van der Waals surface area (Å²) in [5.74, 6) is -2.31. The van der Waals surface area contributed by atoms with Crippen LogP contribution in [0, 0.1) is 0 Å². The first-order chi connectivity index (χ1) is 19.2. The normalized spacial score (nSPS) is 16.1. The van der Waals surface area contributed by atoms with Crippen LogP contribution in [0.25, 0.3) is 0 Å². The second-order valence-electron chi connectivity index (χ2n) is 9.11. The summed E-state index contributed by atoms with van der Waals surface area (Å²) in [7, 11) is 1.52. The van der Waals surface area contributed by atoms with Crippen molar-refractivity contribution in [2.75, 3.05) is 20.2 Å². The molecule has 2 aromatic rings. The quantitative estimate of drug-likeness (QED) is 0.166. The Balaban J connectivity index is 1.77. The van der Waals surface area contributed by atoms with Crippen molar-refractivity contribution in [3.8, 4) is 5.75 Å². The number of carbonyl (C=O) groups is 4.